The molecule has 92 valence electrons. The molecule has 0 aliphatic carbocycles. The summed E-state index contributed by atoms with van der Waals surface area (Å²) < 4.78 is 0. The Balaban J connectivity index is 2.11. The van der Waals surface area contributed by atoms with Gasteiger partial charge in [-0.05, 0) is 18.1 Å². The number of aliphatic carboxylic acids is 1. The minimum absolute atomic E-state index is 0.339. The van der Waals surface area contributed by atoms with Gasteiger partial charge in [0.2, 0.25) is 0 Å². The molecule has 4 heteroatoms. The lowest BCUT2D eigenvalue weighted by molar-refractivity contribution is -0.142. The molecular weight excluding hydrogens is 234 g/mol. The van der Waals surface area contributed by atoms with E-state index in [9.17, 15) is 9.90 Å². The number of hydrogen-bond donors (Lipinski definition) is 1. The quantitative estimate of drug-likeness (QED) is 0.892. The van der Waals surface area contributed by atoms with Crippen LogP contribution < -0.4 is 0 Å². The maximum absolute atomic E-state index is 11.2. The van der Waals surface area contributed by atoms with Crippen LogP contribution in [0.2, 0.25) is 0 Å². The van der Waals surface area contributed by atoms with E-state index in [1.54, 1.807) is 11.8 Å². The first-order valence-corrected chi connectivity index (χ1v) is 6.93. The molecule has 0 amide bonds. The average Bonchev–Trinajstić information content (AvgIpc) is 2.32. The van der Waals surface area contributed by atoms with Crippen molar-refractivity contribution in [3.05, 3.63) is 35.4 Å². The van der Waals surface area contributed by atoms with E-state index < -0.39 is 5.97 Å². The van der Waals surface area contributed by atoms with Crippen LogP contribution in [0.4, 0.5) is 0 Å². The molecule has 2 rings (SSSR count). The average molecular weight is 251 g/mol. The highest BCUT2D eigenvalue weighted by Gasteiger charge is 2.28. The SMILES string of the molecule is Cc1ccccc1CN1CCSCC1C(=O)O. The zero-order valence-electron chi connectivity index (χ0n) is 9.93. The summed E-state index contributed by atoms with van der Waals surface area (Å²) in [6, 6.07) is 7.84. The van der Waals surface area contributed by atoms with Crippen molar-refractivity contribution in [3.8, 4) is 0 Å². The molecule has 1 unspecified atom stereocenters. The number of carboxylic acid groups (broad SMARTS) is 1. The number of aryl methyl sites for hydroxylation is 1. The number of rotatable bonds is 3. The van der Waals surface area contributed by atoms with Crippen LogP contribution in [0.3, 0.4) is 0 Å². The lowest BCUT2D eigenvalue weighted by Crippen LogP contribution is -2.46. The lowest BCUT2D eigenvalue weighted by atomic mass is 10.1. The highest BCUT2D eigenvalue weighted by atomic mass is 32.2. The highest BCUT2D eigenvalue weighted by molar-refractivity contribution is 7.99. The second-order valence-corrected chi connectivity index (χ2v) is 5.48. The Kier molecular flexibility index (Phi) is 4.07. The Bertz CT molecular complexity index is 408. The van der Waals surface area contributed by atoms with Crippen LogP contribution in [0.25, 0.3) is 0 Å². The zero-order valence-corrected chi connectivity index (χ0v) is 10.7. The van der Waals surface area contributed by atoms with Crippen molar-refractivity contribution in [2.45, 2.75) is 19.5 Å². The summed E-state index contributed by atoms with van der Waals surface area (Å²) in [6.07, 6.45) is 0. The molecule has 1 atom stereocenters. The van der Waals surface area contributed by atoms with Gasteiger partial charge in [0.05, 0.1) is 0 Å². The Hall–Kier alpha value is -1.00. The zero-order chi connectivity index (χ0) is 12.3. The number of carbonyl (C=O) groups is 1. The van der Waals surface area contributed by atoms with Crippen LogP contribution in [-0.2, 0) is 11.3 Å². The van der Waals surface area contributed by atoms with E-state index in [4.69, 9.17) is 0 Å². The summed E-state index contributed by atoms with van der Waals surface area (Å²) >= 11 is 1.73. The molecule has 1 aliphatic heterocycles. The normalized spacial score (nSPS) is 21.4. The van der Waals surface area contributed by atoms with E-state index in [1.165, 1.54) is 11.1 Å². The topological polar surface area (TPSA) is 40.5 Å². The smallest absolute Gasteiger partial charge is 0.321 e. The van der Waals surface area contributed by atoms with Crippen molar-refractivity contribution in [1.29, 1.82) is 0 Å². The van der Waals surface area contributed by atoms with E-state index in [-0.39, 0.29) is 6.04 Å². The van der Waals surface area contributed by atoms with Crippen molar-refractivity contribution in [3.63, 3.8) is 0 Å². The fourth-order valence-electron chi connectivity index (χ4n) is 2.06. The second kappa shape index (κ2) is 5.56. The summed E-state index contributed by atoms with van der Waals surface area (Å²) in [6.45, 7) is 3.67. The highest BCUT2D eigenvalue weighted by Crippen LogP contribution is 2.20. The predicted octanol–water partition coefficient (Wildman–Crippen LogP) is 2.00. The molecule has 1 aliphatic rings. The van der Waals surface area contributed by atoms with Crippen LogP contribution in [0.1, 0.15) is 11.1 Å². The molecule has 0 aromatic heterocycles. The Labute approximate surface area is 106 Å². The first-order chi connectivity index (χ1) is 8.18. The molecule has 1 heterocycles. The molecule has 1 aromatic carbocycles. The molecule has 1 saturated heterocycles. The molecule has 0 bridgehead atoms. The summed E-state index contributed by atoms with van der Waals surface area (Å²) in [5, 5.41) is 9.20. The lowest BCUT2D eigenvalue weighted by Gasteiger charge is -2.32. The fourth-order valence-corrected chi connectivity index (χ4v) is 3.17. The van der Waals surface area contributed by atoms with Gasteiger partial charge < -0.3 is 5.11 Å². The standard InChI is InChI=1S/C13H17NO2S/c1-10-4-2-3-5-11(10)8-14-6-7-17-9-12(14)13(15)16/h2-5,12H,6-9H2,1H3,(H,15,16). The summed E-state index contributed by atoms with van der Waals surface area (Å²) in [5.41, 5.74) is 2.46. The molecule has 3 nitrogen and oxygen atoms in total. The van der Waals surface area contributed by atoms with Crippen molar-refractivity contribution in [2.75, 3.05) is 18.1 Å². The van der Waals surface area contributed by atoms with Gasteiger partial charge in [0, 0.05) is 24.6 Å². The minimum atomic E-state index is -0.703. The van der Waals surface area contributed by atoms with Gasteiger partial charge in [-0.1, -0.05) is 24.3 Å². The Morgan fingerprint density at radius 1 is 1.53 bits per heavy atom. The first kappa shape index (κ1) is 12.5. The summed E-state index contributed by atoms with van der Waals surface area (Å²) in [7, 11) is 0. The molecule has 0 saturated carbocycles. The van der Waals surface area contributed by atoms with Gasteiger partial charge >= 0.3 is 5.97 Å². The molecule has 1 aromatic rings. The van der Waals surface area contributed by atoms with Crippen LogP contribution >= 0.6 is 11.8 Å². The van der Waals surface area contributed by atoms with Gasteiger partial charge in [0.15, 0.2) is 0 Å². The molecule has 1 N–H and O–H groups in total. The molecule has 0 spiro atoms. The third kappa shape index (κ3) is 3.01. The van der Waals surface area contributed by atoms with Gasteiger partial charge in [-0.2, -0.15) is 11.8 Å². The molecular formula is C13H17NO2S. The largest absolute Gasteiger partial charge is 0.480 e. The number of carboxylic acids is 1. The Morgan fingerprint density at radius 2 is 2.29 bits per heavy atom. The van der Waals surface area contributed by atoms with E-state index in [0.717, 1.165) is 18.8 Å². The van der Waals surface area contributed by atoms with Crippen LogP contribution in [0.5, 0.6) is 0 Å². The van der Waals surface area contributed by atoms with Crippen molar-refractivity contribution in [1.82, 2.24) is 4.90 Å². The maximum Gasteiger partial charge on any atom is 0.321 e. The summed E-state index contributed by atoms with van der Waals surface area (Å²) in [5.74, 6) is 1.02. The monoisotopic (exact) mass is 251 g/mol. The fraction of sp³-hybridized carbons (Fsp3) is 0.462. The first-order valence-electron chi connectivity index (χ1n) is 5.77. The van der Waals surface area contributed by atoms with Crippen molar-refractivity contribution in [2.24, 2.45) is 0 Å². The van der Waals surface area contributed by atoms with E-state index in [0.29, 0.717) is 5.75 Å². The summed E-state index contributed by atoms with van der Waals surface area (Å²) in [4.78, 5) is 13.3. The van der Waals surface area contributed by atoms with Crippen LogP contribution in [0.15, 0.2) is 24.3 Å². The third-order valence-corrected chi connectivity index (χ3v) is 4.18. The van der Waals surface area contributed by atoms with Crippen molar-refractivity contribution >= 4 is 17.7 Å². The van der Waals surface area contributed by atoms with E-state index in [1.807, 2.05) is 12.1 Å². The molecule has 0 radical (unpaired) electrons. The Morgan fingerprint density at radius 3 is 3.00 bits per heavy atom. The van der Waals surface area contributed by atoms with Gasteiger partial charge in [0.25, 0.3) is 0 Å². The molecule has 1 fully saturated rings. The van der Waals surface area contributed by atoms with E-state index >= 15 is 0 Å². The third-order valence-electron chi connectivity index (χ3n) is 3.16. The van der Waals surface area contributed by atoms with Crippen LogP contribution in [0, 0.1) is 6.92 Å². The number of thioether (sulfide) groups is 1. The number of nitrogens with zero attached hydrogens (tertiary/aromatic N) is 1. The van der Waals surface area contributed by atoms with Gasteiger partial charge in [0.1, 0.15) is 6.04 Å². The van der Waals surface area contributed by atoms with Gasteiger partial charge in [-0.3, -0.25) is 9.69 Å². The number of hydrogen-bond acceptors (Lipinski definition) is 3. The molecule has 17 heavy (non-hydrogen) atoms. The van der Waals surface area contributed by atoms with Gasteiger partial charge in [-0.25, -0.2) is 0 Å². The van der Waals surface area contributed by atoms with Gasteiger partial charge in [-0.15, -0.1) is 0 Å². The predicted molar refractivity (Wildman–Crippen MR) is 70.3 cm³/mol. The van der Waals surface area contributed by atoms with Crippen LogP contribution in [-0.4, -0.2) is 40.1 Å². The minimum Gasteiger partial charge on any atom is -0.480 e. The van der Waals surface area contributed by atoms with Crippen molar-refractivity contribution < 1.29 is 9.90 Å². The second-order valence-electron chi connectivity index (χ2n) is 4.33. The maximum atomic E-state index is 11.2. The van der Waals surface area contributed by atoms with E-state index in [2.05, 4.69) is 24.0 Å². The number of benzene rings is 1.